The molecule has 29 heavy (non-hydrogen) atoms. The second-order valence-corrected chi connectivity index (χ2v) is 7.07. The van der Waals surface area contributed by atoms with Crippen LogP contribution in [0.3, 0.4) is 0 Å². The van der Waals surface area contributed by atoms with Crippen LogP contribution in [-0.4, -0.2) is 52.3 Å². The van der Waals surface area contributed by atoms with Crippen LogP contribution in [0, 0.1) is 0 Å². The van der Waals surface area contributed by atoms with E-state index in [1.165, 1.54) is 7.05 Å². The van der Waals surface area contributed by atoms with E-state index in [1.54, 1.807) is 12.1 Å². The van der Waals surface area contributed by atoms with Crippen LogP contribution in [0.15, 0.2) is 21.2 Å². The van der Waals surface area contributed by atoms with Gasteiger partial charge in [-0.3, -0.25) is 9.48 Å². The minimum Gasteiger partial charge on any atom is -0.378 e. The second-order valence-electron chi connectivity index (χ2n) is 6.28. The number of aromatic nitrogens is 4. The second kappa shape index (κ2) is 7.30. The van der Waals surface area contributed by atoms with Crippen molar-refractivity contribution in [3.05, 3.63) is 28.0 Å². The van der Waals surface area contributed by atoms with Crippen molar-refractivity contribution in [1.29, 1.82) is 0 Å². The smallest absolute Gasteiger partial charge is 0.378 e. The summed E-state index contributed by atoms with van der Waals surface area (Å²) in [4.78, 5) is 14.7. The summed E-state index contributed by atoms with van der Waals surface area (Å²) in [5.74, 6) is -0.786. The minimum absolute atomic E-state index is 0.255. The quantitative estimate of drug-likeness (QED) is 0.622. The van der Waals surface area contributed by atoms with Crippen molar-refractivity contribution in [2.75, 3.05) is 36.5 Å². The Bertz CT molecular complexity index is 1070. The Kier molecular flexibility index (Phi) is 4.94. The molecule has 0 aliphatic carbocycles. The number of carbonyl (C=O) groups excluding carboxylic acids is 1. The zero-order chi connectivity index (χ0) is 20.8. The highest BCUT2D eigenvalue weighted by atomic mass is 79.9. The average molecular weight is 475 g/mol. The molecule has 0 spiro atoms. The molecule has 1 aromatic carbocycles. The molecule has 13 heteroatoms. The van der Waals surface area contributed by atoms with Crippen LogP contribution in [0.2, 0.25) is 0 Å². The molecule has 3 aromatic rings. The lowest BCUT2D eigenvalue weighted by Gasteiger charge is -2.28. The molecule has 1 N–H and O–H groups in total. The number of benzene rings is 1. The third-order valence-corrected chi connectivity index (χ3v) is 5.22. The fourth-order valence-corrected chi connectivity index (χ4v) is 3.86. The molecule has 3 heterocycles. The largest absolute Gasteiger partial charge is 0.436 e. The number of nitrogens with one attached hydrogen (secondary N) is 1. The van der Waals surface area contributed by atoms with Crippen LogP contribution in [-0.2, 0) is 18.0 Å². The summed E-state index contributed by atoms with van der Waals surface area (Å²) in [5, 5.41) is 13.7. The zero-order valence-corrected chi connectivity index (χ0v) is 16.5. The summed E-state index contributed by atoms with van der Waals surface area (Å²) >= 11 is 2.83. The summed E-state index contributed by atoms with van der Waals surface area (Å²) in [7, 11) is 1.25. The van der Waals surface area contributed by atoms with E-state index in [-0.39, 0.29) is 16.9 Å². The van der Waals surface area contributed by atoms with Crippen molar-refractivity contribution < 1.29 is 27.3 Å². The Hall–Kier alpha value is -2.67. The predicted molar refractivity (Wildman–Crippen MR) is 98.7 cm³/mol. The lowest BCUT2D eigenvalue weighted by atomic mass is 10.2. The molecule has 1 amide bonds. The van der Waals surface area contributed by atoms with Gasteiger partial charge in [-0.1, -0.05) is 0 Å². The minimum atomic E-state index is -4.70. The number of ether oxygens (including phenoxy) is 1. The first-order valence-corrected chi connectivity index (χ1v) is 9.25. The molecule has 4 rings (SSSR count). The molecular weight excluding hydrogens is 461 g/mol. The predicted octanol–water partition coefficient (Wildman–Crippen LogP) is 2.83. The molecule has 0 atom stereocenters. The topological polar surface area (TPSA) is 98.3 Å². The highest BCUT2D eigenvalue weighted by Crippen LogP contribution is 2.36. The molecule has 1 aliphatic heterocycles. The van der Waals surface area contributed by atoms with Crippen LogP contribution in [0.5, 0.6) is 0 Å². The molecular formula is C16H14BrF3N6O3. The number of morpholine rings is 1. The van der Waals surface area contributed by atoms with Crippen LogP contribution in [0.1, 0.15) is 16.2 Å². The average Bonchev–Trinajstić information content (AvgIpc) is 3.27. The maximum atomic E-state index is 13.0. The Morgan fingerprint density at radius 3 is 2.55 bits per heavy atom. The fraction of sp³-hybridized carbons (Fsp3) is 0.375. The monoisotopic (exact) mass is 474 g/mol. The van der Waals surface area contributed by atoms with Gasteiger partial charge in [0.2, 0.25) is 0 Å². The summed E-state index contributed by atoms with van der Waals surface area (Å²) in [6.07, 6.45) is -4.70. The van der Waals surface area contributed by atoms with E-state index in [9.17, 15) is 18.0 Å². The van der Waals surface area contributed by atoms with Gasteiger partial charge in [0, 0.05) is 20.1 Å². The molecule has 0 unspecified atom stereocenters. The first kappa shape index (κ1) is 19.6. The maximum Gasteiger partial charge on any atom is 0.436 e. The van der Waals surface area contributed by atoms with Crippen molar-refractivity contribution in [1.82, 2.24) is 20.1 Å². The molecule has 1 fully saturated rings. The highest BCUT2D eigenvalue weighted by Gasteiger charge is 2.39. The third kappa shape index (κ3) is 3.55. The number of halogens is 4. The maximum absolute atomic E-state index is 13.0. The van der Waals surface area contributed by atoms with Crippen molar-refractivity contribution >= 4 is 44.2 Å². The Morgan fingerprint density at radius 1 is 1.21 bits per heavy atom. The molecule has 2 aromatic heterocycles. The van der Waals surface area contributed by atoms with E-state index < -0.39 is 22.3 Å². The van der Waals surface area contributed by atoms with Gasteiger partial charge in [-0.2, -0.15) is 18.3 Å². The van der Waals surface area contributed by atoms with E-state index in [0.717, 1.165) is 10.4 Å². The van der Waals surface area contributed by atoms with Gasteiger partial charge in [-0.05, 0) is 38.4 Å². The summed E-state index contributed by atoms with van der Waals surface area (Å²) in [5.41, 5.74) is 0.287. The van der Waals surface area contributed by atoms with Gasteiger partial charge >= 0.3 is 6.18 Å². The number of hydrogen-bond acceptors (Lipinski definition) is 7. The summed E-state index contributed by atoms with van der Waals surface area (Å²) < 4.78 is 49.7. The van der Waals surface area contributed by atoms with Crippen LogP contribution >= 0.6 is 15.9 Å². The molecule has 9 nitrogen and oxygen atoms in total. The van der Waals surface area contributed by atoms with Gasteiger partial charge in [-0.15, -0.1) is 0 Å². The van der Waals surface area contributed by atoms with Crippen molar-refractivity contribution in [3.8, 4) is 0 Å². The van der Waals surface area contributed by atoms with Gasteiger partial charge in [-0.25, -0.2) is 4.63 Å². The number of anilines is 2. The standard InChI is InChI=1S/C16H14BrF3N6O3/c1-25-13(10(17)14(22-25)16(18,19)20)15(27)21-8-2-3-9(12-11(8)23-29-24-12)26-4-6-28-7-5-26/h2-3H,4-7H2,1H3,(H,21,27). The SMILES string of the molecule is Cn1nc(C(F)(F)F)c(Br)c1C(=O)Nc1ccc(N2CCOCC2)c2nonc12. The molecule has 0 radical (unpaired) electrons. The number of aryl methyl sites for hydroxylation is 1. The fourth-order valence-electron chi connectivity index (χ4n) is 3.12. The van der Waals surface area contributed by atoms with E-state index in [4.69, 9.17) is 9.37 Å². The number of amides is 1. The van der Waals surface area contributed by atoms with Gasteiger partial charge in [0.15, 0.2) is 16.7 Å². The Labute approximate surface area is 169 Å². The molecule has 1 aliphatic rings. The van der Waals surface area contributed by atoms with Crippen LogP contribution in [0.25, 0.3) is 11.0 Å². The van der Waals surface area contributed by atoms with E-state index in [1.807, 2.05) is 0 Å². The molecule has 154 valence electrons. The highest BCUT2D eigenvalue weighted by molar-refractivity contribution is 9.10. The number of rotatable bonds is 3. The Morgan fingerprint density at radius 2 is 1.90 bits per heavy atom. The molecule has 0 bridgehead atoms. The van der Waals surface area contributed by atoms with E-state index in [2.05, 4.69) is 41.6 Å². The lowest BCUT2D eigenvalue weighted by Crippen LogP contribution is -2.36. The van der Waals surface area contributed by atoms with Crippen molar-refractivity contribution in [2.24, 2.45) is 7.05 Å². The summed E-state index contributed by atoms with van der Waals surface area (Å²) in [6.45, 7) is 2.47. The van der Waals surface area contributed by atoms with Gasteiger partial charge < -0.3 is 15.0 Å². The zero-order valence-electron chi connectivity index (χ0n) is 15.0. The first-order valence-electron chi connectivity index (χ1n) is 8.46. The van der Waals surface area contributed by atoms with Gasteiger partial charge in [0.1, 0.15) is 5.69 Å². The van der Waals surface area contributed by atoms with Crippen LogP contribution < -0.4 is 10.2 Å². The number of hydrogen-bond donors (Lipinski definition) is 1. The summed E-state index contributed by atoms with van der Waals surface area (Å²) in [6, 6.07) is 3.34. The third-order valence-electron chi connectivity index (χ3n) is 4.47. The number of nitrogens with zero attached hydrogens (tertiary/aromatic N) is 5. The molecule has 1 saturated heterocycles. The van der Waals surface area contributed by atoms with Gasteiger partial charge in [0.25, 0.3) is 5.91 Å². The van der Waals surface area contributed by atoms with E-state index >= 15 is 0 Å². The number of alkyl halides is 3. The van der Waals surface area contributed by atoms with Crippen molar-refractivity contribution in [2.45, 2.75) is 6.18 Å². The Balaban J connectivity index is 1.66. The number of carbonyl (C=O) groups is 1. The van der Waals surface area contributed by atoms with Crippen LogP contribution in [0.4, 0.5) is 24.5 Å². The van der Waals surface area contributed by atoms with E-state index in [0.29, 0.717) is 31.8 Å². The van der Waals surface area contributed by atoms with Gasteiger partial charge in [0.05, 0.1) is 29.1 Å². The number of fused-ring (bicyclic) bond motifs is 1. The van der Waals surface area contributed by atoms with Crippen molar-refractivity contribution in [3.63, 3.8) is 0 Å². The first-order chi connectivity index (χ1) is 13.8. The normalized spacial score (nSPS) is 15.1. The lowest BCUT2D eigenvalue weighted by molar-refractivity contribution is -0.142. The molecule has 0 saturated carbocycles.